The number of ketones is 1. The van der Waals surface area contributed by atoms with Gasteiger partial charge >= 0.3 is 5.97 Å². The molecular formula is C20H28O3. The van der Waals surface area contributed by atoms with E-state index in [-0.39, 0.29) is 16.8 Å². The van der Waals surface area contributed by atoms with Crippen LogP contribution >= 0.6 is 0 Å². The molecule has 3 rings (SSSR count). The van der Waals surface area contributed by atoms with Crippen molar-refractivity contribution < 1.29 is 14.3 Å². The Bertz CT molecular complexity index is 584. The third-order valence-corrected chi connectivity index (χ3v) is 6.83. The minimum absolute atomic E-state index is 0.121. The minimum atomic E-state index is -0.239. The first-order valence-electron chi connectivity index (χ1n) is 8.84. The van der Waals surface area contributed by atoms with Crippen LogP contribution in [0.3, 0.4) is 0 Å². The highest BCUT2D eigenvalue weighted by atomic mass is 16.5. The maximum Gasteiger partial charge on any atom is 0.334 e. The van der Waals surface area contributed by atoms with Crippen molar-refractivity contribution in [1.29, 1.82) is 0 Å². The molecule has 2 fully saturated rings. The van der Waals surface area contributed by atoms with Crippen molar-refractivity contribution in [2.24, 2.45) is 22.7 Å². The lowest BCUT2D eigenvalue weighted by molar-refractivity contribution is -0.144. The molecular weight excluding hydrogens is 288 g/mol. The summed E-state index contributed by atoms with van der Waals surface area (Å²) >= 11 is 0. The van der Waals surface area contributed by atoms with Gasteiger partial charge in [-0.25, -0.2) is 4.79 Å². The fraction of sp³-hybridized carbons (Fsp3) is 0.700. The summed E-state index contributed by atoms with van der Waals surface area (Å²) in [5.74, 6) is 1.06. The van der Waals surface area contributed by atoms with E-state index < -0.39 is 0 Å². The number of hydrogen-bond donors (Lipinski definition) is 0. The van der Waals surface area contributed by atoms with Crippen LogP contribution in [0.15, 0.2) is 23.8 Å². The number of esters is 1. The summed E-state index contributed by atoms with van der Waals surface area (Å²) < 4.78 is 5.01. The molecule has 0 saturated heterocycles. The highest BCUT2D eigenvalue weighted by molar-refractivity contribution is 5.90. The number of hydrogen-bond acceptors (Lipinski definition) is 3. The third kappa shape index (κ3) is 2.58. The Kier molecular flexibility index (Phi) is 4.02. The number of cyclic esters (lactones) is 1. The average Bonchev–Trinajstić information content (AvgIpc) is 2.88. The highest BCUT2D eigenvalue weighted by Gasteiger charge is 2.55. The monoisotopic (exact) mass is 316 g/mol. The lowest BCUT2D eigenvalue weighted by Gasteiger charge is -2.57. The summed E-state index contributed by atoms with van der Waals surface area (Å²) in [5, 5.41) is 0. The normalized spacial score (nSPS) is 36.5. The summed E-state index contributed by atoms with van der Waals surface area (Å²) in [6.45, 7) is 11.4. The van der Waals surface area contributed by atoms with E-state index >= 15 is 0 Å². The zero-order valence-electron chi connectivity index (χ0n) is 14.6. The SMILES string of the molecule is C=C1CCC2C(C)(C)C(=O)CCC2(C)C1CCC1=CCOC1=O. The molecule has 3 heteroatoms. The molecule has 1 aliphatic heterocycles. The van der Waals surface area contributed by atoms with Crippen molar-refractivity contribution in [3.05, 3.63) is 23.8 Å². The van der Waals surface area contributed by atoms with Crippen LogP contribution in [0, 0.1) is 22.7 Å². The van der Waals surface area contributed by atoms with Gasteiger partial charge in [0.2, 0.25) is 0 Å². The molecule has 0 amide bonds. The van der Waals surface area contributed by atoms with Crippen molar-refractivity contribution >= 4 is 11.8 Å². The van der Waals surface area contributed by atoms with E-state index in [4.69, 9.17) is 4.74 Å². The smallest absolute Gasteiger partial charge is 0.334 e. The predicted octanol–water partition coefficient (Wildman–Crippen LogP) is 4.23. The van der Waals surface area contributed by atoms with Crippen LogP contribution in [0.2, 0.25) is 0 Å². The number of carbonyl (C=O) groups excluding carboxylic acids is 2. The number of ether oxygens (including phenoxy) is 1. The van der Waals surface area contributed by atoms with Gasteiger partial charge in [0, 0.05) is 17.4 Å². The van der Waals surface area contributed by atoms with Gasteiger partial charge in [0.05, 0.1) is 0 Å². The molecule has 1 heterocycles. The summed E-state index contributed by atoms with van der Waals surface area (Å²) in [6, 6.07) is 0. The number of rotatable bonds is 3. The van der Waals surface area contributed by atoms with Gasteiger partial charge in [-0.15, -0.1) is 0 Å². The van der Waals surface area contributed by atoms with Crippen LogP contribution in [-0.2, 0) is 14.3 Å². The molecule has 0 aromatic rings. The van der Waals surface area contributed by atoms with Crippen LogP contribution in [0.25, 0.3) is 0 Å². The lowest BCUT2D eigenvalue weighted by atomic mass is 9.47. The summed E-state index contributed by atoms with van der Waals surface area (Å²) in [7, 11) is 0. The zero-order chi connectivity index (χ0) is 16.8. The van der Waals surface area contributed by atoms with Crippen LogP contribution in [0.4, 0.5) is 0 Å². The molecule has 126 valence electrons. The summed E-state index contributed by atoms with van der Waals surface area (Å²) in [6.07, 6.45) is 7.31. The molecule has 0 bridgehead atoms. The molecule has 3 unspecified atom stereocenters. The van der Waals surface area contributed by atoms with E-state index in [0.29, 0.717) is 30.6 Å². The van der Waals surface area contributed by atoms with Gasteiger partial charge in [-0.2, -0.15) is 0 Å². The molecule has 0 aromatic heterocycles. The van der Waals surface area contributed by atoms with E-state index in [9.17, 15) is 9.59 Å². The van der Waals surface area contributed by atoms with Gasteiger partial charge in [-0.3, -0.25) is 4.79 Å². The number of fused-ring (bicyclic) bond motifs is 1. The topological polar surface area (TPSA) is 43.4 Å². The Hall–Kier alpha value is -1.38. The summed E-state index contributed by atoms with van der Waals surface area (Å²) in [5.41, 5.74) is 2.00. The van der Waals surface area contributed by atoms with Crippen LogP contribution in [-0.4, -0.2) is 18.4 Å². The molecule has 2 aliphatic carbocycles. The predicted molar refractivity (Wildman–Crippen MR) is 89.8 cm³/mol. The van der Waals surface area contributed by atoms with Gasteiger partial charge in [0.15, 0.2) is 0 Å². The number of carbonyl (C=O) groups is 2. The Labute approximate surface area is 139 Å². The van der Waals surface area contributed by atoms with E-state index in [1.165, 1.54) is 5.57 Å². The largest absolute Gasteiger partial charge is 0.458 e. The van der Waals surface area contributed by atoms with Gasteiger partial charge in [-0.05, 0) is 55.4 Å². The minimum Gasteiger partial charge on any atom is -0.458 e. The molecule has 0 aromatic carbocycles. The van der Waals surface area contributed by atoms with E-state index in [2.05, 4.69) is 27.4 Å². The van der Waals surface area contributed by atoms with E-state index in [0.717, 1.165) is 37.7 Å². The fourth-order valence-electron chi connectivity index (χ4n) is 5.41. The molecule has 23 heavy (non-hydrogen) atoms. The van der Waals surface area contributed by atoms with Gasteiger partial charge < -0.3 is 4.74 Å². The van der Waals surface area contributed by atoms with Gasteiger partial charge in [0.25, 0.3) is 0 Å². The van der Waals surface area contributed by atoms with E-state index in [1.54, 1.807) is 0 Å². The first kappa shape index (κ1) is 16.5. The fourth-order valence-corrected chi connectivity index (χ4v) is 5.41. The second-order valence-corrected chi connectivity index (χ2v) is 8.32. The first-order chi connectivity index (χ1) is 10.8. The Morgan fingerprint density at radius 1 is 1.26 bits per heavy atom. The van der Waals surface area contributed by atoms with Crippen molar-refractivity contribution in [3.8, 4) is 0 Å². The Morgan fingerprint density at radius 3 is 2.65 bits per heavy atom. The molecule has 2 saturated carbocycles. The highest BCUT2D eigenvalue weighted by Crippen LogP contribution is 2.60. The third-order valence-electron chi connectivity index (χ3n) is 6.83. The van der Waals surface area contributed by atoms with Crippen LogP contribution in [0.5, 0.6) is 0 Å². The van der Waals surface area contributed by atoms with Crippen molar-refractivity contribution in [1.82, 2.24) is 0 Å². The first-order valence-corrected chi connectivity index (χ1v) is 8.84. The van der Waals surface area contributed by atoms with Crippen LogP contribution in [0.1, 0.15) is 59.3 Å². The molecule has 3 aliphatic rings. The maximum absolute atomic E-state index is 12.4. The quantitative estimate of drug-likeness (QED) is 0.578. The second kappa shape index (κ2) is 5.61. The van der Waals surface area contributed by atoms with E-state index in [1.807, 2.05) is 6.08 Å². The van der Waals surface area contributed by atoms with Crippen molar-refractivity contribution in [2.45, 2.75) is 59.3 Å². The zero-order valence-corrected chi connectivity index (χ0v) is 14.6. The Balaban J connectivity index is 1.82. The van der Waals surface area contributed by atoms with Crippen LogP contribution < -0.4 is 0 Å². The summed E-state index contributed by atoms with van der Waals surface area (Å²) in [4.78, 5) is 24.1. The van der Waals surface area contributed by atoms with Crippen molar-refractivity contribution in [2.75, 3.05) is 6.61 Å². The Morgan fingerprint density at radius 2 is 2.00 bits per heavy atom. The molecule has 3 atom stereocenters. The number of allylic oxidation sites excluding steroid dienone is 1. The standard InChI is InChI=1S/C20H28O3/c1-13-5-8-16-19(2,3)17(21)9-11-20(16,4)15(13)7-6-14-10-12-23-18(14)22/h10,15-16H,1,5-9,11-12H2,2-4H3. The second-order valence-electron chi connectivity index (χ2n) is 8.32. The van der Waals surface area contributed by atoms with Gasteiger partial charge in [0.1, 0.15) is 12.4 Å². The molecule has 0 radical (unpaired) electrons. The number of Topliss-reactive ketones (excluding diaryl/α,β-unsaturated/α-hetero) is 1. The maximum atomic E-state index is 12.4. The average molecular weight is 316 g/mol. The molecule has 0 N–H and O–H groups in total. The molecule has 0 spiro atoms. The van der Waals surface area contributed by atoms with Gasteiger partial charge in [-0.1, -0.05) is 32.9 Å². The van der Waals surface area contributed by atoms with Crippen molar-refractivity contribution in [3.63, 3.8) is 0 Å². The molecule has 3 nitrogen and oxygen atoms in total. The lowest BCUT2D eigenvalue weighted by Crippen LogP contribution is -2.53.